The minimum absolute atomic E-state index is 0.00775. The van der Waals surface area contributed by atoms with E-state index in [1.807, 2.05) is 32.9 Å². The number of carbonyl (C=O) groups excluding carboxylic acids is 2. The van der Waals surface area contributed by atoms with Gasteiger partial charge in [0.2, 0.25) is 5.91 Å². The van der Waals surface area contributed by atoms with Gasteiger partial charge in [-0.1, -0.05) is 44.5 Å². The molecule has 21 heavy (non-hydrogen) atoms. The lowest BCUT2D eigenvalue weighted by atomic mass is 9.88. The number of halogens is 1. The number of hydrogen-bond acceptors (Lipinski definition) is 2. The SMILES string of the molecule is CCC1(C)NC(=O)C(C(C)C)N(c2ccccc2Cl)C1=O. The number of anilines is 1. The highest BCUT2D eigenvalue weighted by Gasteiger charge is 2.48. The number of para-hydroxylation sites is 1. The number of rotatable bonds is 3. The van der Waals surface area contributed by atoms with E-state index in [1.54, 1.807) is 24.0 Å². The van der Waals surface area contributed by atoms with Crippen molar-refractivity contribution in [3.63, 3.8) is 0 Å². The van der Waals surface area contributed by atoms with Crippen LogP contribution in [0.15, 0.2) is 24.3 Å². The van der Waals surface area contributed by atoms with E-state index in [-0.39, 0.29) is 17.7 Å². The van der Waals surface area contributed by atoms with Gasteiger partial charge in [-0.25, -0.2) is 0 Å². The Labute approximate surface area is 130 Å². The van der Waals surface area contributed by atoms with Gasteiger partial charge in [0.15, 0.2) is 0 Å². The predicted octanol–water partition coefficient (Wildman–Crippen LogP) is 3.00. The molecule has 4 nitrogen and oxygen atoms in total. The van der Waals surface area contributed by atoms with Crippen molar-refractivity contribution in [1.82, 2.24) is 5.32 Å². The van der Waals surface area contributed by atoms with Gasteiger partial charge < -0.3 is 5.32 Å². The average molecular weight is 309 g/mol. The molecule has 1 fully saturated rings. The van der Waals surface area contributed by atoms with Crippen molar-refractivity contribution < 1.29 is 9.59 Å². The maximum atomic E-state index is 12.9. The van der Waals surface area contributed by atoms with E-state index < -0.39 is 11.6 Å². The van der Waals surface area contributed by atoms with Crippen LogP contribution in [0.4, 0.5) is 5.69 Å². The lowest BCUT2D eigenvalue weighted by molar-refractivity contribution is -0.138. The van der Waals surface area contributed by atoms with E-state index >= 15 is 0 Å². The normalized spacial score (nSPS) is 26.2. The van der Waals surface area contributed by atoms with Gasteiger partial charge in [0.05, 0.1) is 10.7 Å². The van der Waals surface area contributed by atoms with Crippen LogP contribution in [0.2, 0.25) is 5.02 Å². The quantitative estimate of drug-likeness (QED) is 0.933. The predicted molar refractivity (Wildman–Crippen MR) is 84.4 cm³/mol. The summed E-state index contributed by atoms with van der Waals surface area (Å²) in [6.45, 7) is 7.50. The highest BCUT2D eigenvalue weighted by atomic mass is 35.5. The van der Waals surface area contributed by atoms with E-state index in [4.69, 9.17) is 11.6 Å². The first-order valence-corrected chi connectivity index (χ1v) is 7.60. The van der Waals surface area contributed by atoms with E-state index in [1.165, 1.54) is 0 Å². The summed E-state index contributed by atoms with van der Waals surface area (Å²) in [4.78, 5) is 27.0. The lowest BCUT2D eigenvalue weighted by Crippen LogP contribution is -2.70. The first kappa shape index (κ1) is 15.8. The molecule has 2 rings (SSSR count). The van der Waals surface area contributed by atoms with Crippen LogP contribution in [0.1, 0.15) is 34.1 Å². The fraction of sp³-hybridized carbons (Fsp3) is 0.500. The summed E-state index contributed by atoms with van der Waals surface area (Å²) in [5, 5.41) is 3.35. The molecule has 5 heteroatoms. The molecule has 0 aromatic heterocycles. The fourth-order valence-corrected chi connectivity index (χ4v) is 2.88. The Morgan fingerprint density at radius 2 is 1.95 bits per heavy atom. The molecule has 1 aliphatic heterocycles. The number of nitrogens with zero attached hydrogens (tertiary/aromatic N) is 1. The van der Waals surface area contributed by atoms with Crippen molar-refractivity contribution in [1.29, 1.82) is 0 Å². The number of amides is 2. The zero-order valence-corrected chi connectivity index (χ0v) is 13.6. The molecule has 1 N–H and O–H groups in total. The van der Waals surface area contributed by atoms with Gasteiger partial charge >= 0.3 is 0 Å². The third-order valence-corrected chi connectivity index (χ3v) is 4.41. The minimum Gasteiger partial charge on any atom is -0.340 e. The van der Waals surface area contributed by atoms with Crippen LogP contribution in [-0.4, -0.2) is 23.4 Å². The summed E-state index contributed by atoms with van der Waals surface area (Å²) < 4.78 is 0. The van der Waals surface area contributed by atoms with Crippen molar-refractivity contribution in [2.45, 2.75) is 45.7 Å². The highest BCUT2D eigenvalue weighted by molar-refractivity contribution is 6.34. The summed E-state index contributed by atoms with van der Waals surface area (Å²) in [6, 6.07) is 6.60. The maximum Gasteiger partial charge on any atom is 0.253 e. The molecule has 0 spiro atoms. The molecule has 1 aliphatic rings. The van der Waals surface area contributed by atoms with E-state index in [2.05, 4.69) is 5.32 Å². The fourth-order valence-electron chi connectivity index (χ4n) is 2.66. The molecule has 0 aliphatic carbocycles. The third-order valence-electron chi connectivity index (χ3n) is 4.09. The van der Waals surface area contributed by atoms with Crippen molar-refractivity contribution >= 4 is 29.1 Å². The second-order valence-electron chi connectivity index (χ2n) is 5.99. The minimum atomic E-state index is -0.887. The zero-order valence-electron chi connectivity index (χ0n) is 12.8. The number of nitrogens with one attached hydrogen (secondary N) is 1. The molecule has 2 unspecified atom stereocenters. The zero-order chi connectivity index (χ0) is 15.8. The van der Waals surface area contributed by atoms with Crippen LogP contribution in [0.25, 0.3) is 0 Å². The Bertz CT molecular complexity index is 573. The molecular weight excluding hydrogens is 288 g/mol. The summed E-state index contributed by atoms with van der Waals surface area (Å²) in [5.74, 6) is -0.253. The van der Waals surface area contributed by atoms with Gasteiger partial charge in [-0.05, 0) is 31.4 Å². The number of piperazine rings is 1. The first-order valence-electron chi connectivity index (χ1n) is 7.22. The van der Waals surface area contributed by atoms with Gasteiger partial charge in [-0.3, -0.25) is 14.5 Å². The highest BCUT2D eigenvalue weighted by Crippen LogP contribution is 2.34. The van der Waals surface area contributed by atoms with E-state index in [9.17, 15) is 9.59 Å². The Kier molecular flexibility index (Phi) is 4.28. The number of hydrogen-bond donors (Lipinski definition) is 1. The number of benzene rings is 1. The molecule has 1 aromatic carbocycles. The second-order valence-corrected chi connectivity index (χ2v) is 6.40. The van der Waals surface area contributed by atoms with Gasteiger partial charge in [-0.2, -0.15) is 0 Å². The molecule has 2 atom stereocenters. The summed E-state index contributed by atoms with van der Waals surface area (Å²) in [5.41, 5.74) is -0.292. The van der Waals surface area contributed by atoms with Gasteiger partial charge in [-0.15, -0.1) is 0 Å². The summed E-state index contributed by atoms with van der Waals surface area (Å²) >= 11 is 6.25. The van der Waals surface area contributed by atoms with Gasteiger partial charge in [0, 0.05) is 0 Å². The van der Waals surface area contributed by atoms with Crippen molar-refractivity contribution in [3.8, 4) is 0 Å². The summed E-state index contributed by atoms with van der Waals surface area (Å²) in [6.07, 6.45) is 0.531. The van der Waals surface area contributed by atoms with Crippen LogP contribution < -0.4 is 10.2 Å². The number of carbonyl (C=O) groups is 2. The van der Waals surface area contributed by atoms with Crippen LogP contribution in [-0.2, 0) is 9.59 Å². The van der Waals surface area contributed by atoms with Crippen molar-refractivity contribution in [2.24, 2.45) is 5.92 Å². The average Bonchev–Trinajstić information content (AvgIpc) is 2.43. The Morgan fingerprint density at radius 1 is 1.33 bits per heavy atom. The molecule has 2 amide bonds. The molecule has 1 heterocycles. The Hall–Kier alpha value is -1.55. The molecule has 1 saturated heterocycles. The standard InChI is InChI=1S/C16H21ClN2O2/c1-5-16(4)15(21)19(12-9-7-6-8-11(12)17)13(10(2)3)14(20)18-16/h6-10,13H,5H2,1-4H3,(H,18,20). The molecule has 0 radical (unpaired) electrons. The van der Waals surface area contributed by atoms with Crippen LogP contribution >= 0.6 is 11.6 Å². The van der Waals surface area contributed by atoms with Crippen LogP contribution in [0.3, 0.4) is 0 Å². The first-order chi connectivity index (χ1) is 9.81. The van der Waals surface area contributed by atoms with Crippen LogP contribution in [0, 0.1) is 5.92 Å². The van der Waals surface area contributed by atoms with Crippen molar-refractivity contribution in [2.75, 3.05) is 4.90 Å². The largest absolute Gasteiger partial charge is 0.340 e. The lowest BCUT2D eigenvalue weighted by Gasteiger charge is -2.45. The Morgan fingerprint density at radius 3 is 2.48 bits per heavy atom. The second kappa shape index (κ2) is 5.68. The molecule has 0 saturated carbocycles. The van der Waals surface area contributed by atoms with Gasteiger partial charge in [0.25, 0.3) is 5.91 Å². The molecular formula is C16H21ClN2O2. The smallest absolute Gasteiger partial charge is 0.253 e. The molecule has 0 bridgehead atoms. The monoisotopic (exact) mass is 308 g/mol. The topological polar surface area (TPSA) is 49.4 Å². The van der Waals surface area contributed by atoms with Crippen LogP contribution in [0.5, 0.6) is 0 Å². The summed E-state index contributed by atoms with van der Waals surface area (Å²) in [7, 11) is 0. The van der Waals surface area contributed by atoms with Gasteiger partial charge in [0.1, 0.15) is 11.6 Å². The molecule has 1 aromatic rings. The van der Waals surface area contributed by atoms with E-state index in [0.717, 1.165) is 0 Å². The molecule has 114 valence electrons. The van der Waals surface area contributed by atoms with E-state index in [0.29, 0.717) is 17.1 Å². The van der Waals surface area contributed by atoms with Crippen molar-refractivity contribution in [3.05, 3.63) is 29.3 Å². The third kappa shape index (κ3) is 2.64. The maximum absolute atomic E-state index is 12.9. The Balaban J connectivity index is 2.57.